The van der Waals surface area contributed by atoms with Crippen molar-refractivity contribution in [3.05, 3.63) is 12.7 Å². The number of likely N-dealkylation sites (tertiary alicyclic amines) is 1. The summed E-state index contributed by atoms with van der Waals surface area (Å²) in [4.78, 5) is 82.7. The van der Waals surface area contributed by atoms with E-state index in [0.717, 1.165) is 70.6 Å². The number of alkyl carbamates (subject to hydrolysis) is 1. The van der Waals surface area contributed by atoms with E-state index < -0.39 is 59.3 Å². The molecule has 0 aromatic rings. The number of nitrogens with zero attached hydrogens (tertiary/aromatic N) is 1. The molecule has 6 amide bonds. The van der Waals surface area contributed by atoms with Gasteiger partial charge in [-0.25, -0.2) is 9.59 Å². The predicted molar refractivity (Wildman–Crippen MR) is 198 cm³/mol. The maximum atomic E-state index is 14.9. The van der Waals surface area contributed by atoms with E-state index in [4.69, 9.17) is 4.74 Å². The van der Waals surface area contributed by atoms with E-state index in [1.54, 1.807) is 4.90 Å². The fourth-order valence-corrected chi connectivity index (χ4v) is 9.04. The van der Waals surface area contributed by atoms with Crippen LogP contribution < -0.4 is 26.6 Å². The van der Waals surface area contributed by atoms with Gasteiger partial charge >= 0.3 is 12.1 Å². The van der Waals surface area contributed by atoms with Crippen LogP contribution in [0.15, 0.2) is 12.7 Å². The Morgan fingerprint density at radius 3 is 2.21 bits per heavy atom. The van der Waals surface area contributed by atoms with Crippen molar-refractivity contribution in [2.45, 2.75) is 142 Å². The fraction of sp³-hybridized carbons (Fsp3) is 0.795. The lowest BCUT2D eigenvalue weighted by atomic mass is 9.70. The maximum Gasteiger partial charge on any atom is 0.407 e. The number of ether oxygens (including phenoxy) is 1. The SMILES string of the molecule is C=CCNC(=O)C(=O)C(CCCC)NC(=O)[C@@H]1[C@@H]2[C@H](CN1C(=O)[C@@H](NC(=O)N[C@H](COC(=O)NCC)C1CCCCC1)C1(C)CCCCC1)C2(C)C. The molecule has 0 aromatic carbocycles. The average molecular weight is 729 g/mol. The van der Waals surface area contributed by atoms with Crippen molar-refractivity contribution < 1.29 is 33.5 Å². The van der Waals surface area contributed by atoms with Gasteiger partial charge in [0.05, 0.1) is 12.1 Å². The van der Waals surface area contributed by atoms with Gasteiger partial charge in [0.25, 0.3) is 5.91 Å². The smallest absolute Gasteiger partial charge is 0.407 e. The van der Waals surface area contributed by atoms with Gasteiger partial charge in [-0.1, -0.05) is 85.1 Å². The minimum Gasteiger partial charge on any atom is -0.447 e. The highest BCUT2D eigenvalue weighted by molar-refractivity contribution is 6.38. The van der Waals surface area contributed by atoms with Crippen LogP contribution in [0.3, 0.4) is 0 Å². The molecule has 1 aliphatic heterocycles. The van der Waals surface area contributed by atoms with E-state index in [0.29, 0.717) is 25.9 Å². The first kappa shape index (κ1) is 41.1. The minimum absolute atomic E-state index is 0.0240. The molecule has 0 bridgehead atoms. The van der Waals surface area contributed by atoms with Crippen LogP contribution in [-0.2, 0) is 23.9 Å². The van der Waals surface area contributed by atoms with Crippen LogP contribution in [0.5, 0.6) is 0 Å². The van der Waals surface area contributed by atoms with Gasteiger partial charge in [-0.2, -0.15) is 0 Å². The van der Waals surface area contributed by atoms with Crippen molar-refractivity contribution >= 4 is 35.6 Å². The first-order chi connectivity index (χ1) is 24.8. The number of urea groups is 1. The summed E-state index contributed by atoms with van der Waals surface area (Å²) in [5, 5.41) is 14.2. The third-order valence-electron chi connectivity index (χ3n) is 12.3. The number of nitrogens with one attached hydrogen (secondary N) is 5. The lowest BCUT2D eigenvalue weighted by Gasteiger charge is -2.43. The molecule has 0 aromatic heterocycles. The highest BCUT2D eigenvalue weighted by Crippen LogP contribution is 2.65. The molecule has 1 heterocycles. The zero-order valence-corrected chi connectivity index (χ0v) is 32.2. The summed E-state index contributed by atoms with van der Waals surface area (Å²) < 4.78 is 5.49. The molecule has 3 saturated carbocycles. The van der Waals surface area contributed by atoms with Gasteiger partial charge in [-0.05, 0) is 67.6 Å². The summed E-state index contributed by atoms with van der Waals surface area (Å²) in [5.41, 5.74) is -0.730. The molecule has 0 spiro atoms. The molecule has 5 N–H and O–H groups in total. The van der Waals surface area contributed by atoms with E-state index in [-0.39, 0.29) is 42.2 Å². The number of hydrogen-bond acceptors (Lipinski definition) is 7. The Morgan fingerprint density at radius 2 is 1.58 bits per heavy atom. The van der Waals surface area contributed by atoms with Crippen molar-refractivity contribution in [2.75, 3.05) is 26.2 Å². The number of piperidine rings is 1. The van der Waals surface area contributed by atoms with E-state index in [1.165, 1.54) is 6.08 Å². The number of carbonyl (C=O) groups excluding carboxylic acids is 6. The van der Waals surface area contributed by atoms with Crippen molar-refractivity contribution in [3.63, 3.8) is 0 Å². The Bertz CT molecular complexity index is 1310. The zero-order chi connectivity index (χ0) is 38.1. The Morgan fingerprint density at radius 1 is 0.904 bits per heavy atom. The molecule has 3 aliphatic carbocycles. The van der Waals surface area contributed by atoms with E-state index in [1.807, 2.05) is 20.8 Å². The standard InChI is InChI=1S/C39H64N6O7/c1-7-10-19-27(31(46)34(48)41-22-8-2)42-33(47)30-29-26(38(29,4)5)23-45(30)35(49)32(39(6)20-15-12-16-21-39)44-36(50)43-28(24-52-37(51)40-9-3)25-17-13-11-14-18-25/h8,25-30,32H,2,7,9-24H2,1,3-6H3,(H,40,51)(H,41,48)(H,42,47)(H2,43,44,50)/t26-,27?,28+,29-,30-,32+/m0/s1. The molecule has 292 valence electrons. The monoisotopic (exact) mass is 728 g/mol. The summed E-state index contributed by atoms with van der Waals surface area (Å²) in [6.07, 6.45) is 12.0. The number of amides is 6. The molecular weight excluding hydrogens is 664 g/mol. The van der Waals surface area contributed by atoms with Gasteiger partial charge in [0.2, 0.25) is 17.6 Å². The molecular formula is C39H64N6O7. The quantitative estimate of drug-likeness (QED) is 0.109. The summed E-state index contributed by atoms with van der Waals surface area (Å²) in [5.74, 6) is -2.16. The Kier molecular flexibility index (Phi) is 14.6. The first-order valence-electron chi connectivity index (χ1n) is 19.8. The minimum atomic E-state index is -1.02. The molecule has 1 unspecified atom stereocenters. The second-order valence-corrected chi connectivity index (χ2v) is 16.4. The summed E-state index contributed by atoms with van der Waals surface area (Å²) in [6, 6.07) is -3.69. The molecule has 6 atom stereocenters. The normalized spacial score (nSPS) is 24.9. The van der Waals surface area contributed by atoms with E-state index in [9.17, 15) is 28.8 Å². The first-order valence-corrected chi connectivity index (χ1v) is 19.8. The number of hydrogen-bond donors (Lipinski definition) is 5. The second kappa shape index (κ2) is 18.4. The van der Waals surface area contributed by atoms with Gasteiger partial charge in [0.15, 0.2) is 0 Å². The van der Waals surface area contributed by atoms with Crippen LogP contribution in [-0.4, -0.2) is 90.9 Å². The summed E-state index contributed by atoms with van der Waals surface area (Å²) in [7, 11) is 0. The van der Waals surface area contributed by atoms with Crippen LogP contribution in [0.1, 0.15) is 118 Å². The summed E-state index contributed by atoms with van der Waals surface area (Å²) >= 11 is 0. The molecule has 13 heteroatoms. The summed E-state index contributed by atoms with van der Waals surface area (Å²) in [6.45, 7) is 14.5. The van der Waals surface area contributed by atoms with Crippen molar-refractivity contribution in [1.29, 1.82) is 0 Å². The highest BCUT2D eigenvalue weighted by atomic mass is 16.5. The Balaban J connectivity index is 1.57. The zero-order valence-electron chi connectivity index (χ0n) is 32.2. The predicted octanol–water partition coefficient (Wildman–Crippen LogP) is 4.35. The van der Waals surface area contributed by atoms with Gasteiger partial charge in [0.1, 0.15) is 18.7 Å². The topological polar surface area (TPSA) is 175 Å². The van der Waals surface area contributed by atoms with Gasteiger partial charge < -0.3 is 36.2 Å². The Hall–Kier alpha value is -3.64. The van der Waals surface area contributed by atoms with E-state index >= 15 is 0 Å². The molecule has 4 rings (SSSR count). The second-order valence-electron chi connectivity index (χ2n) is 16.4. The maximum absolute atomic E-state index is 14.9. The number of fused-ring (bicyclic) bond motifs is 1. The Labute approximate surface area is 309 Å². The molecule has 4 fully saturated rings. The molecule has 13 nitrogen and oxygen atoms in total. The van der Waals surface area contributed by atoms with Crippen LogP contribution in [0.2, 0.25) is 0 Å². The lowest BCUT2D eigenvalue weighted by Crippen LogP contribution is -2.63. The van der Waals surface area contributed by atoms with Crippen LogP contribution in [0, 0.1) is 28.6 Å². The number of carbonyl (C=O) groups is 6. The average Bonchev–Trinajstić information content (AvgIpc) is 3.43. The van der Waals surface area contributed by atoms with Crippen molar-refractivity contribution in [2.24, 2.45) is 28.6 Å². The third kappa shape index (κ3) is 9.86. The lowest BCUT2D eigenvalue weighted by molar-refractivity contribution is -0.146. The number of ketones is 1. The molecule has 4 aliphatic rings. The van der Waals surface area contributed by atoms with Crippen molar-refractivity contribution in [3.8, 4) is 0 Å². The fourth-order valence-electron chi connectivity index (χ4n) is 9.04. The number of unbranched alkanes of at least 4 members (excludes halogenated alkanes) is 1. The van der Waals surface area contributed by atoms with Gasteiger partial charge in [0, 0.05) is 19.6 Å². The largest absolute Gasteiger partial charge is 0.447 e. The number of rotatable bonds is 17. The highest BCUT2D eigenvalue weighted by Gasteiger charge is 2.70. The third-order valence-corrected chi connectivity index (χ3v) is 12.3. The van der Waals surface area contributed by atoms with Crippen molar-refractivity contribution in [1.82, 2.24) is 31.5 Å². The molecule has 52 heavy (non-hydrogen) atoms. The van der Waals surface area contributed by atoms with Gasteiger partial charge in [-0.15, -0.1) is 6.58 Å². The van der Waals surface area contributed by atoms with Crippen LogP contribution in [0.25, 0.3) is 0 Å². The van der Waals surface area contributed by atoms with E-state index in [2.05, 4.69) is 47.0 Å². The van der Waals surface area contributed by atoms with Crippen LogP contribution in [0.4, 0.5) is 9.59 Å². The molecule has 0 radical (unpaired) electrons. The van der Waals surface area contributed by atoms with Gasteiger partial charge in [-0.3, -0.25) is 19.2 Å². The number of Topliss-reactive ketones (excluding diaryl/α,β-unsaturated/α-hetero) is 1. The van der Waals surface area contributed by atoms with Crippen LogP contribution >= 0.6 is 0 Å². The molecule has 1 saturated heterocycles.